The fourth-order valence-corrected chi connectivity index (χ4v) is 7.21. The van der Waals surface area contributed by atoms with Gasteiger partial charge in [-0.2, -0.15) is 0 Å². The third kappa shape index (κ3) is 15.0. The Labute approximate surface area is 300 Å². The van der Waals surface area contributed by atoms with Crippen molar-refractivity contribution in [2.24, 2.45) is 11.7 Å². The molecule has 1 aromatic rings. The first-order valence-electron chi connectivity index (χ1n) is 18.3. The number of nitrogens with one attached hydrogen (secondary N) is 4. The second-order valence-corrected chi connectivity index (χ2v) is 15.1. The molecule has 51 heavy (non-hydrogen) atoms. The molecule has 0 bridgehead atoms. The van der Waals surface area contributed by atoms with Crippen molar-refractivity contribution in [2.45, 2.75) is 127 Å². The molecule has 15 nitrogen and oxygen atoms in total. The van der Waals surface area contributed by atoms with Gasteiger partial charge in [0.15, 0.2) is 6.10 Å². The molecule has 16 heteroatoms. The lowest BCUT2D eigenvalue weighted by Gasteiger charge is -2.30. The van der Waals surface area contributed by atoms with Gasteiger partial charge in [0.1, 0.15) is 24.5 Å². The Kier molecular flexibility index (Phi) is 18.6. The van der Waals surface area contributed by atoms with Crippen LogP contribution in [0.2, 0.25) is 0 Å². The Hall–Kier alpha value is -3.36. The van der Waals surface area contributed by atoms with Crippen molar-refractivity contribution in [3.63, 3.8) is 0 Å². The Morgan fingerprint density at radius 1 is 0.961 bits per heavy atom. The third-order valence-corrected chi connectivity index (χ3v) is 10.8. The van der Waals surface area contributed by atoms with Gasteiger partial charge in [-0.05, 0) is 89.3 Å². The second kappa shape index (κ2) is 22.5. The molecule has 1 aliphatic carbocycles. The van der Waals surface area contributed by atoms with Crippen LogP contribution in [0.5, 0.6) is 0 Å². The Balaban J connectivity index is 1.62. The van der Waals surface area contributed by atoms with Crippen LogP contribution in [-0.4, -0.2) is 78.3 Å². The van der Waals surface area contributed by atoms with Gasteiger partial charge < -0.3 is 41.4 Å². The Bertz CT molecular complexity index is 1310. The van der Waals surface area contributed by atoms with Gasteiger partial charge in [-0.15, -0.1) is 0 Å². The molecule has 5 atom stereocenters. The van der Waals surface area contributed by atoms with Gasteiger partial charge in [-0.3, -0.25) is 18.7 Å². The quantitative estimate of drug-likeness (QED) is 0.0411. The van der Waals surface area contributed by atoms with Crippen molar-refractivity contribution in [1.29, 1.82) is 0 Å². The molecule has 1 saturated heterocycles. The molecule has 2 aliphatic rings. The fraction of sp³-hybridized carbons (Fsp3) is 0.686. The summed E-state index contributed by atoms with van der Waals surface area (Å²) in [4.78, 5) is 75.5. The first kappa shape index (κ1) is 42.1. The minimum Gasteiger partial charge on any atom is -0.445 e. The number of nitrogens with two attached hydrogens (primary N) is 1. The molecular formula is C35H56N5O10P. The SMILES string of the molecule is CCCCC(NC(=O)C(CCCCNC(=O)OCc1ccccc1)NC(=O)C1CCC1)P(=O)(O)OC(CCCCN)C(=O)OC(=O)[C@@H]1CCCN1. The highest BCUT2D eigenvalue weighted by Crippen LogP contribution is 2.50. The molecule has 0 aromatic heterocycles. The Morgan fingerprint density at radius 2 is 1.71 bits per heavy atom. The molecule has 7 N–H and O–H groups in total. The number of hydrogen-bond donors (Lipinski definition) is 6. The van der Waals surface area contributed by atoms with Crippen molar-refractivity contribution in [3.8, 4) is 0 Å². The molecule has 3 rings (SSSR count). The molecule has 1 saturated carbocycles. The smallest absolute Gasteiger partial charge is 0.407 e. The van der Waals surface area contributed by atoms with E-state index in [0.717, 1.165) is 31.2 Å². The topological polar surface area (TPSA) is 224 Å². The summed E-state index contributed by atoms with van der Waals surface area (Å²) >= 11 is 0. The van der Waals surface area contributed by atoms with Gasteiger partial charge in [-0.25, -0.2) is 14.4 Å². The summed E-state index contributed by atoms with van der Waals surface area (Å²) in [5.41, 5.74) is 6.46. The lowest BCUT2D eigenvalue weighted by Crippen LogP contribution is -2.51. The van der Waals surface area contributed by atoms with Crippen LogP contribution in [0, 0.1) is 5.92 Å². The lowest BCUT2D eigenvalue weighted by molar-refractivity contribution is -0.166. The molecule has 286 valence electrons. The largest absolute Gasteiger partial charge is 0.445 e. The van der Waals surface area contributed by atoms with E-state index in [1.54, 1.807) is 0 Å². The third-order valence-electron chi connectivity index (χ3n) is 9.05. The lowest BCUT2D eigenvalue weighted by atomic mass is 9.84. The van der Waals surface area contributed by atoms with E-state index in [2.05, 4.69) is 21.3 Å². The molecule has 1 heterocycles. The maximum Gasteiger partial charge on any atom is 0.407 e. The van der Waals surface area contributed by atoms with Crippen LogP contribution in [0.25, 0.3) is 0 Å². The van der Waals surface area contributed by atoms with E-state index in [1.807, 2.05) is 37.3 Å². The highest BCUT2D eigenvalue weighted by Gasteiger charge is 2.41. The number of amides is 3. The van der Waals surface area contributed by atoms with Crippen LogP contribution < -0.4 is 27.0 Å². The van der Waals surface area contributed by atoms with Gasteiger partial charge in [-0.1, -0.05) is 56.5 Å². The van der Waals surface area contributed by atoms with Crippen molar-refractivity contribution < 1.29 is 47.4 Å². The highest BCUT2D eigenvalue weighted by molar-refractivity contribution is 7.53. The number of esters is 2. The number of benzene rings is 1. The van der Waals surface area contributed by atoms with E-state index in [9.17, 15) is 33.4 Å². The van der Waals surface area contributed by atoms with E-state index in [0.29, 0.717) is 58.0 Å². The monoisotopic (exact) mass is 737 g/mol. The molecule has 1 aromatic carbocycles. The maximum absolute atomic E-state index is 13.8. The molecule has 2 fully saturated rings. The zero-order chi connectivity index (χ0) is 37.1. The average Bonchev–Trinajstić information content (AvgIpc) is 3.63. The number of unbranched alkanes of at least 4 members (excludes halogenated alkanes) is 3. The normalized spacial score (nSPS) is 18.7. The average molecular weight is 738 g/mol. The number of alkyl carbamates (subject to hydrolysis) is 1. The van der Waals surface area contributed by atoms with E-state index in [1.165, 1.54) is 0 Å². The van der Waals surface area contributed by atoms with Crippen molar-refractivity contribution in [1.82, 2.24) is 21.3 Å². The van der Waals surface area contributed by atoms with E-state index in [4.69, 9.17) is 19.7 Å². The summed E-state index contributed by atoms with van der Waals surface area (Å²) in [5, 5.41) is 11.1. The molecule has 0 spiro atoms. The van der Waals surface area contributed by atoms with Gasteiger partial charge in [0.05, 0.1) is 0 Å². The molecular weight excluding hydrogens is 681 g/mol. The summed E-state index contributed by atoms with van der Waals surface area (Å²) < 4.78 is 29.6. The predicted octanol–water partition coefficient (Wildman–Crippen LogP) is 3.52. The molecule has 3 amide bonds. The summed E-state index contributed by atoms with van der Waals surface area (Å²) in [6.45, 7) is 3.22. The zero-order valence-corrected chi connectivity index (χ0v) is 30.5. The number of hydrogen-bond acceptors (Lipinski definition) is 11. The van der Waals surface area contributed by atoms with E-state index >= 15 is 0 Å². The maximum atomic E-state index is 13.8. The van der Waals surface area contributed by atoms with E-state index in [-0.39, 0.29) is 44.2 Å². The van der Waals surface area contributed by atoms with Gasteiger partial charge in [0.2, 0.25) is 11.8 Å². The van der Waals surface area contributed by atoms with Crippen LogP contribution in [-0.2, 0) is 44.3 Å². The van der Waals surface area contributed by atoms with Crippen molar-refractivity contribution in [3.05, 3.63) is 35.9 Å². The molecule has 0 radical (unpaired) electrons. The summed E-state index contributed by atoms with van der Waals surface area (Å²) in [5.74, 6) is -4.39. The van der Waals surface area contributed by atoms with Crippen LogP contribution in [0.3, 0.4) is 0 Å². The number of carbonyl (C=O) groups excluding carboxylic acids is 5. The summed E-state index contributed by atoms with van der Waals surface area (Å²) in [7, 11) is -4.74. The number of carbonyl (C=O) groups is 5. The second-order valence-electron chi connectivity index (χ2n) is 13.2. The van der Waals surface area contributed by atoms with Gasteiger partial charge >= 0.3 is 25.6 Å². The standard InChI is InChI=1S/C35H56N5O10P/c1-2-3-20-30(51(46,47)50-29(19-7-9-21-36)34(44)49-33(43)28-18-12-23-37-28)40-32(42)27(39-31(41)26-15-11-16-26)17-8-10-22-38-35(45)48-24-25-13-5-4-6-14-25/h4-6,13-14,26-30,37H,2-3,7-12,15-24,36H2,1H3,(H,38,45)(H,39,41)(H,40,42)(H,46,47)/t27?,28-,29?,30?/m0/s1. The summed E-state index contributed by atoms with van der Waals surface area (Å²) in [6.07, 6.45) is 4.61. The minimum atomic E-state index is -4.74. The van der Waals surface area contributed by atoms with Crippen molar-refractivity contribution in [2.75, 3.05) is 19.6 Å². The first-order chi connectivity index (χ1) is 24.5. The van der Waals surface area contributed by atoms with E-state index < -0.39 is 55.5 Å². The zero-order valence-electron chi connectivity index (χ0n) is 29.6. The highest BCUT2D eigenvalue weighted by atomic mass is 31.2. The number of rotatable bonds is 23. The van der Waals surface area contributed by atoms with Crippen molar-refractivity contribution >= 4 is 37.4 Å². The predicted molar refractivity (Wildman–Crippen MR) is 189 cm³/mol. The van der Waals surface area contributed by atoms with Crippen LogP contribution in [0.15, 0.2) is 30.3 Å². The first-order valence-corrected chi connectivity index (χ1v) is 19.9. The molecule has 4 unspecified atom stereocenters. The minimum absolute atomic E-state index is 0.0195. The van der Waals surface area contributed by atoms with Crippen LogP contribution in [0.4, 0.5) is 4.79 Å². The molecule has 1 aliphatic heterocycles. The van der Waals surface area contributed by atoms with Gasteiger partial charge in [0, 0.05) is 12.5 Å². The fourth-order valence-electron chi connectivity index (χ4n) is 5.71. The van der Waals surface area contributed by atoms with Crippen LogP contribution in [0.1, 0.15) is 102 Å². The summed E-state index contributed by atoms with van der Waals surface area (Å²) in [6, 6.07) is 7.60. The Morgan fingerprint density at radius 3 is 2.35 bits per heavy atom. The van der Waals surface area contributed by atoms with Gasteiger partial charge in [0.25, 0.3) is 0 Å². The number of ether oxygens (including phenoxy) is 2. The van der Waals surface area contributed by atoms with Crippen LogP contribution >= 0.6 is 7.60 Å².